The third kappa shape index (κ3) is 4.68. The van der Waals surface area contributed by atoms with Gasteiger partial charge in [0, 0.05) is 6.07 Å². The molecule has 0 atom stereocenters. The zero-order chi connectivity index (χ0) is 18.3. The first-order valence-electron chi connectivity index (χ1n) is 6.90. The number of phenolic OH excluding ortho intramolecular Hbond substituents is 1. The van der Waals surface area contributed by atoms with Gasteiger partial charge in [0.15, 0.2) is 0 Å². The highest BCUT2D eigenvalue weighted by atomic mass is 16.6. The third-order valence-electron chi connectivity index (χ3n) is 3.18. The number of nitrogens with zero attached hydrogens (tertiary/aromatic N) is 1. The Morgan fingerprint density at radius 1 is 1.25 bits per heavy atom. The van der Waals surface area contributed by atoms with Crippen LogP contribution in [0.1, 0.15) is 21.5 Å². The maximum absolute atomic E-state index is 11.0. The molecule has 8 nitrogen and oxygen atoms in total. The van der Waals surface area contributed by atoms with Gasteiger partial charge in [-0.15, -0.1) is 0 Å². The Morgan fingerprint density at radius 3 is 2.25 bits per heavy atom. The molecule has 0 saturated heterocycles. The van der Waals surface area contributed by atoms with Crippen molar-refractivity contribution in [3.8, 4) is 11.5 Å². The molecule has 0 heterocycles. The number of benzene rings is 2. The first-order chi connectivity index (χ1) is 11.3. The van der Waals surface area contributed by atoms with E-state index in [1.807, 2.05) is 31.4 Å². The van der Waals surface area contributed by atoms with Gasteiger partial charge in [0.25, 0.3) is 11.6 Å². The fourth-order valence-corrected chi connectivity index (χ4v) is 1.94. The van der Waals surface area contributed by atoms with E-state index < -0.39 is 10.8 Å². The van der Waals surface area contributed by atoms with Crippen LogP contribution in [-0.4, -0.2) is 23.0 Å². The Balaban J connectivity index is 0.000000243. The van der Waals surface area contributed by atoms with Crippen LogP contribution in [0.25, 0.3) is 0 Å². The lowest BCUT2D eigenvalue weighted by Gasteiger charge is -2.05. The molecular formula is C16H19N3O5. The lowest BCUT2D eigenvalue weighted by molar-refractivity contribution is -0.385. The number of hydrogen-bond donors (Lipinski definition) is 3. The summed E-state index contributed by atoms with van der Waals surface area (Å²) in [5, 5.41) is 19.8. The fourth-order valence-electron chi connectivity index (χ4n) is 1.94. The minimum Gasteiger partial charge on any atom is -0.507 e. The van der Waals surface area contributed by atoms with Crippen LogP contribution in [0.4, 0.5) is 5.69 Å². The molecule has 0 aliphatic carbocycles. The summed E-state index contributed by atoms with van der Waals surface area (Å²) >= 11 is 0. The summed E-state index contributed by atoms with van der Waals surface area (Å²) in [6.07, 6.45) is 0. The Morgan fingerprint density at radius 2 is 1.79 bits per heavy atom. The van der Waals surface area contributed by atoms with Gasteiger partial charge in [0.1, 0.15) is 17.1 Å². The van der Waals surface area contributed by atoms with Crippen molar-refractivity contribution >= 4 is 11.6 Å². The largest absolute Gasteiger partial charge is 0.507 e. The SMILES string of the molecule is COc1cc(C)c(O)c(C)c1.NNC(=O)c1ccccc1[N+](=O)[O-]. The highest BCUT2D eigenvalue weighted by Crippen LogP contribution is 2.26. The number of methoxy groups -OCH3 is 1. The Kier molecular flexibility index (Phi) is 6.69. The predicted octanol–water partition coefficient (Wildman–Crippen LogP) is 2.22. The summed E-state index contributed by atoms with van der Waals surface area (Å²) in [5.41, 5.74) is 3.23. The third-order valence-corrected chi connectivity index (χ3v) is 3.18. The number of amides is 1. The van der Waals surface area contributed by atoms with E-state index in [2.05, 4.69) is 0 Å². The van der Waals surface area contributed by atoms with Crippen molar-refractivity contribution in [3.05, 3.63) is 63.2 Å². The van der Waals surface area contributed by atoms with Crippen LogP contribution in [0.5, 0.6) is 11.5 Å². The molecule has 2 rings (SSSR count). The molecule has 8 heteroatoms. The summed E-state index contributed by atoms with van der Waals surface area (Å²) < 4.78 is 5.02. The number of carbonyl (C=O) groups is 1. The number of carbonyl (C=O) groups excluding carboxylic acids is 1. The number of nitrogens with one attached hydrogen (secondary N) is 1. The van der Waals surface area contributed by atoms with E-state index in [1.54, 1.807) is 7.11 Å². The first kappa shape index (κ1) is 18.9. The van der Waals surface area contributed by atoms with Gasteiger partial charge >= 0.3 is 0 Å². The minimum absolute atomic E-state index is 0.0463. The number of aromatic hydroxyl groups is 1. The first-order valence-corrected chi connectivity index (χ1v) is 6.90. The molecule has 0 radical (unpaired) electrons. The van der Waals surface area contributed by atoms with Gasteiger partial charge in [0.2, 0.25) is 0 Å². The molecule has 2 aromatic rings. The number of para-hydroxylation sites is 1. The minimum atomic E-state index is -0.674. The zero-order valence-electron chi connectivity index (χ0n) is 13.6. The van der Waals surface area contributed by atoms with E-state index in [0.717, 1.165) is 16.9 Å². The van der Waals surface area contributed by atoms with Crippen molar-refractivity contribution in [2.24, 2.45) is 5.84 Å². The Bertz CT molecular complexity index is 723. The van der Waals surface area contributed by atoms with E-state index in [4.69, 9.17) is 10.6 Å². The normalized spacial score (nSPS) is 9.50. The molecule has 0 aromatic heterocycles. The van der Waals surface area contributed by atoms with E-state index in [0.29, 0.717) is 5.75 Å². The lowest BCUT2D eigenvalue weighted by Crippen LogP contribution is -2.30. The fraction of sp³-hybridized carbons (Fsp3) is 0.188. The molecule has 0 saturated carbocycles. The number of nitrogen functional groups attached to an aromatic ring is 1. The number of nitrogens with two attached hydrogens (primary N) is 1. The van der Waals surface area contributed by atoms with Crippen molar-refractivity contribution in [1.29, 1.82) is 0 Å². The Labute approximate surface area is 139 Å². The Hall–Kier alpha value is -3.13. The number of hydrogen-bond acceptors (Lipinski definition) is 6. The van der Waals surface area contributed by atoms with Crippen LogP contribution >= 0.6 is 0 Å². The highest BCUT2D eigenvalue weighted by molar-refractivity contribution is 5.97. The molecule has 4 N–H and O–H groups in total. The monoisotopic (exact) mass is 333 g/mol. The number of ether oxygens (including phenoxy) is 1. The molecule has 0 unspecified atom stereocenters. The van der Waals surface area contributed by atoms with E-state index in [1.165, 1.54) is 24.3 Å². The van der Waals surface area contributed by atoms with Crippen molar-refractivity contribution in [3.63, 3.8) is 0 Å². The van der Waals surface area contributed by atoms with Gasteiger partial charge in [-0.25, -0.2) is 5.84 Å². The zero-order valence-corrected chi connectivity index (χ0v) is 13.6. The van der Waals surface area contributed by atoms with Gasteiger partial charge in [-0.2, -0.15) is 0 Å². The van der Waals surface area contributed by atoms with Crippen LogP contribution in [0.2, 0.25) is 0 Å². The molecule has 0 aliphatic heterocycles. The van der Waals surface area contributed by atoms with Crippen molar-refractivity contribution in [2.45, 2.75) is 13.8 Å². The van der Waals surface area contributed by atoms with E-state index >= 15 is 0 Å². The number of hydrazine groups is 1. The van der Waals surface area contributed by atoms with Gasteiger partial charge in [-0.3, -0.25) is 20.3 Å². The summed E-state index contributed by atoms with van der Waals surface area (Å²) in [6, 6.07) is 9.19. The molecule has 0 aliphatic rings. The second kappa shape index (κ2) is 8.49. The van der Waals surface area contributed by atoms with Crippen molar-refractivity contribution < 1.29 is 19.6 Å². The molecule has 0 spiro atoms. The quantitative estimate of drug-likeness (QED) is 0.342. The number of rotatable bonds is 3. The average molecular weight is 333 g/mol. The van der Waals surface area contributed by atoms with Crippen molar-refractivity contribution in [1.82, 2.24) is 5.43 Å². The van der Waals surface area contributed by atoms with Crippen LogP contribution in [0.15, 0.2) is 36.4 Å². The summed E-state index contributed by atoms with van der Waals surface area (Å²) in [7, 11) is 1.62. The lowest BCUT2D eigenvalue weighted by atomic mass is 10.1. The molecular weight excluding hydrogens is 314 g/mol. The van der Waals surface area contributed by atoms with Gasteiger partial charge < -0.3 is 9.84 Å². The van der Waals surface area contributed by atoms with Gasteiger partial charge in [-0.05, 0) is 43.2 Å². The molecule has 0 bridgehead atoms. The van der Waals surface area contributed by atoms with Gasteiger partial charge in [0.05, 0.1) is 12.0 Å². The maximum Gasteiger partial charge on any atom is 0.282 e. The number of nitro benzene ring substituents is 1. The second-order valence-corrected chi connectivity index (χ2v) is 4.86. The predicted molar refractivity (Wildman–Crippen MR) is 88.9 cm³/mol. The van der Waals surface area contributed by atoms with Crippen molar-refractivity contribution in [2.75, 3.05) is 7.11 Å². The molecule has 24 heavy (non-hydrogen) atoms. The van der Waals surface area contributed by atoms with Gasteiger partial charge in [-0.1, -0.05) is 12.1 Å². The molecule has 0 fully saturated rings. The second-order valence-electron chi connectivity index (χ2n) is 4.86. The van der Waals surface area contributed by atoms with Crippen LogP contribution in [0, 0.1) is 24.0 Å². The standard InChI is InChI=1S/C9H12O2.C7H7N3O3/c1-6-4-8(11-3)5-7(2)9(6)10;8-9-7(11)5-3-1-2-4-6(5)10(12)13/h4-5,10H,1-3H3;1-4H,8H2,(H,9,11). The number of phenols is 1. The summed E-state index contributed by atoms with van der Waals surface area (Å²) in [4.78, 5) is 20.8. The molecule has 1 amide bonds. The maximum atomic E-state index is 11.0. The summed E-state index contributed by atoms with van der Waals surface area (Å²) in [5.74, 6) is 5.32. The van der Waals surface area contributed by atoms with Crippen LogP contribution in [-0.2, 0) is 0 Å². The topological polar surface area (TPSA) is 128 Å². The van der Waals surface area contributed by atoms with E-state index in [9.17, 15) is 20.0 Å². The van der Waals surface area contributed by atoms with Crippen LogP contribution < -0.4 is 16.0 Å². The number of nitro groups is 1. The molecule has 128 valence electrons. The number of aryl methyl sites for hydroxylation is 2. The molecule has 2 aromatic carbocycles. The highest BCUT2D eigenvalue weighted by Gasteiger charge is 2.17. The van der Waals surface area contributed by atoms with E-state index in [-0.39, 0.29) is 11.3 Å². The summed E-state index contributed by atoms with van der Waals surface area (Å²) in [6.45, 7) is 3.70. The van der Waals surface area contributed by atoms with Crippen LogP contribution in [0.3, 0.4) is 0 Å². The smallest absolute Gasteiger partial charge is 0.282 e. The average Bonchev–Trinajstić information content (AvgIpc) is 2.58.